The first-order chi connectivity index (χ1) is 15.5. The number of benzene rings is 3. The van der Waals surface area contributed by atoms with Crippen molar-refractivity contribution in [3.63, 3.8) is 0 Å². The number of hydrogen-bond acceptors (Lipinski definition) is 5. The van der Waals surface area contributed by atoms with E-state index < -0.39 is 0 Å². The molecular formula is C27H27NO4. The number of ether oxygens (including phenoxy) is 3. The van der Waals surface area contributed by atoms with E-state index in [2.05, 4.69) is 5.32 Å². The molecule has 0 atom stereocenters. The van der Waals surface area contributed by atoms with Crippen molar-refractivity contribution < 1.29 is 19.0 Å². The quantitative estimate of drug-likeness (QED) is 0.257. The monoisotopic (exact) mass is 429 g/mol. The summed E-state index contributed by atoms with van der Waals surface area (Å²) in [4.78, 5) is 12.2. The van der Waals surface area contributed by atoms with Gasteiger partial charge in [-0.05, 0) is 42.3 Å². The van der Waals surface area contributed by atoms with E-state index in [4.69, 9.17) is 14.2 Å². The molecule has 5 nitrogen and oxygen atoms in total. The van der Waals surface area contributed by atoms with Crippen LogP contribution in [-0.4, -0.2) is 27.1 Å². The van der Waals surface area contributed by atoms with Crippen molar-refractivity contribution in [3.8, 4) is 17.2 Å². The minimum atomic E-state index is -0.0394. The number of carbonyl (C=O) groups excluding carboxylic acids is 1. The molecule has 1 N–H and O–H groups in total. The Morgan fingerprint density at radius 3 is 1.94 bits per heavy atom. The second-order valence-electron chi connectivity index (χ2n) is 7.12. The molecule has 164 valence electrons. The molecule has 0 saturated carbocycles. The predicted octanol–water partition coefficient (Wildman–Crippen LogP) is 6.00. The number of aryl methyl sites for hydroxylation is 1. The number of nitrogens with one attached hydrogen (secondary N) is 1. The largest absolute Gasteiger partial charge is 0.493 e. The summed E-state index contributed by atoms with van der Waals surface area (Å²) in [6.07, 6.45) is 7.17. The van der Waals surface area contributed by atoms with E-state index in [0.717, 1.165) is 22.4 Å². The van der Waals surface area contributed by atoms with E-state index in [9.17, 15) is 4.79 Å². The van der Waals surface area contributed by atoms with Crippen LogP contribution in [0.5, 0.6) is 17.2 Å². The number of ketones is 1. The minimum Gasteiger partial charge on any atom is -0.493 e. The Morgan fingerprint density at radius 1 is 0.781 bits per heavy atom. The Labute approximate surface area is 189 Å². The van der Waals surface area contributed by atoms with Crippen LogP contribution in [0.2, 0.25) is 0 Å². The van der Waals surface area contributed by atoms with Gasteiger partial charge in [-0.2, -0.15) is 0 Å². The number of hydrogen-bond donors (Lipinski definition) is 1. The molecule has 0 fully saturated rings. The van der Waals surface area contributed by atoms with Gasteiger partial charge in [0.15, 0.2) is 17.3 Å². The normalized spacial score (nSPS) is 11.0. The fraction of sp³-hybridized carbons (Fsp3) is 0.148. The van der Waals surface area contributed by atoms with Gasteiger partial charge in [0, 0.05) is 23.5 Å². The Balaban J connectivity index is 1.64. The molecule has 0 aliphatic heterocycles. The summed E-state index contributed by atoms with van der Waals surface area (Å²) in [6, 6.07) is 19.2. The van der Waals surface area contributed by atoms with E-state index >= 15 is 0 Å². The van der Waals surface area contributed by atoms with Crippen molar-refractivity contribution in [2.24, 2.45) is 0 Å². The number of methoxy groups -OCH3 is 3. The maximum atomic E-state index is 12.2. The molecular weight excluding hydrogens is 402 g/mol. The van der Waals surface area contributed by atoms with E-state index in [1.54, 1.807) is 27.5 Å². The summed E-state index contributed by atoms with van der Waals surface area (Å²) < 4.78 is 16.2. The van der Waals surface area contributed by atoms with Gasteiger partial charge < -0.3 is 19.5 Å². The van der Waals surface area contributed by atoms with Crippen molar-refractivity contribution in [1.29, 1.82) is 0 Å². The van der Waals surface area contributed by atoms with E-state index in [0.29, 0.717) is 22.8 Å². The average Bonchev–Trinajstić information content (AvgIpc) is 2.83. The van der Waals surface area contributed by atoms with Crippen molar-refractivity contribution in [1.82, 2.24) is 0 Å². The minimum absolute atomic E-state index is 0.0394. The third-order valence-electron chi connectivity index (χ3n) is 4.89. The standard InChI is InChI=1S/C27H27NO4/c1-19-5-11-22(12-6-19)24(29)15-16-28-23-13-9-20(10-14-23)7-8-21-17-25(30-2)27(32-4)26(18-21)31-3/h5-18,28H,1-4H3/b8-7-,16-15-. The van der Waals surface area contributed by atoms with E-state index in [-0.39, 0.29) is 5.78 Å². The van der Waals surface area contributed by atoms with Gasteiger partial charge >= 0.3 is 0 Å². The number of carbonyl (C=O) groups is 1. The van der Waals surface area contributed by atoms with Crippen LogP contribution in [0.25, 0.3) is 12.2 Å². The summed E-state index contributed by atoms with van der Waals surface area (Å²) in [5.74, 6) is 1.75. The van der Waals surface area contributed by atoms with Crippen molar-refractivity contribution >= 4 is 23.6 Å². The molecule has 5 heteroatoms. The van der Waals surface area contributed by atoms with Gasteiger partial charge in [0.25, 0.3) is 0 Å². The Bertz CT molecular complexity index is 1090. The first-order valence-electron chi connectivity index (χ1n) is 10.2. The lowest BCUT2D eigenvalue weighted by atomic mass is 10.1. The summed E-state index contributed by atoms with van der Waals surface area (Å²) in [5, 5.41) is 3.13. The van der Waals surface area contributed by atoms with Gasteiger partial charge in [-0.25, -0.2) is 0 Å². The van der Waals surface area contributed by atoms with Crippen LogP contribution < -0.4 is 19.5 Å². The molecule has 0 bridgehead atoms. The summed E-state index contributed by atoms with van der Waals surface area (Å²) in [7, 11) is 4.78. The summed E-state index contributed by atoms with van der Waals surface area (Å²) in [5.41, 5.74) is 4.65. The smallest absolute Gasteiger partial charge is 0.203 e. The van der Waals surface area contributed by atoms with Gasteiger partial charge in [-0.3, -0.25) is 4.79 Å². The molecule has 0 spiro atoms. The first-order valence-corrected chi connectivity index (χ1v) is 10.2. The molecule has 32 heavy (non-hydrogen) atoms. The van der Waals surface area contributed by atoms with Crippen molar-refractivity contribution in [2.45, 2.75) is 6.92 Å². The van der Waals surface area contributed by atoms with Gasteiger partial charge in [0.2, 0.25) is 5.75 Å². The van der Waals surface area contributed by atoms with Crippen LogP contribution >= 0.6 is 0 Å². The van der Waals surface area contributed by atoms with Crippen LogP contribution in [0.15, 0.2) is 72.9 Å². The zero-order valence-electron chi connectivity index (χ0n) is 18.7. The van der Waals surface area contributed by atoms with Crippen molar-refractivity contribution in [2.75, 3.05) is 26.6 Å². The first kappa shape index (κ1) is 22.7. The van der Waals surface area contributed by atoms with Crippen LogP contribution in [0, 0.1) is 6.92 Å². The van der Waals surface area contributed by atoms with Gasteiger partial charge in [0.05, 0.1) is 21.3 Å². The van der Waals surface area contributed by atoms with Crippen LogP contribution in [0.3, 0.4) is 0 Å². The highest BCUT2D eigenvalue weighted by molar-refractivity contribution is 6.04. The SMILES string of the molecule is COc1cc(/C=C\c2ccc(N/C=C\C(=O)c3ccc(C)cc3)cc2)cc(OC)c1OC. The average molecular weight is 430 g/mol. The lowest BCUT2D eigenvalue weighted by molar-refractivity contribution is 0.104. The second kappa shape index (κ2) is 10.9. The molecule has 0 heterocycles. The van der Waals surface area contributed by atoms with E-state index in [1.165, 1.54) is 6.08 Å². The van der Waals surface area contributed by atoms with Gasteiger partial charge in [-0.15, -0.1) is 0 Å². The van der Waals surface area contributed by atoms with Crippen LogP contribution in [-0.2, 0) is 0 Å². The lowest BCUT2D eigenvalue weighted by Crippen LogP contribution is -1.96. The van der Waals surface area contributed by atoms with Crippen molar-refractivity contribution in [3.05, 3.63) is 95.2 Å². The highest BCUT2D eigenvalue weighted by atomic mass is 16.5. The molecule has 0 unspecified atom stereocenters. The summed E-state index contributed by atoms with van der Waals surface area (Å²) >= 11 is 0. The topological polar surface area (TPSA) is 56.8 Å². The highest BCUT2D eigenvalue weighted by Gasteiger charge is 2.11. The third kappa shape index (κ3) is 5.79. The molecule has 0 radical (unpaired) electrons. The highest BCUT2D eigenvalue weighted by Crippen LogP contribution is 2.38. The molecule has 3 aromatic rings. The fourth-order valence-electron chi connectivity index (χ4n) is 3.11. The molecule has 0 saturated heterocycles. The van der Waals surface area contributed by atoms with Gasteiger partial charge in [-0.1, -0.05) is 54.1 Å². The number of rotatable bonds is 9. The fourth-order valence-corrected chi connectivity index (χ4v) is 3.11. The Kier molecular flexibility index (Phi) is 7.70. The van der Waals surface area contributed by atoms with Crippen LogP contribution in [0.1, 0.15) is 27.0 Å². The summed E-state index contributed by atoms with van der Waals surface area (Å²) in [6.45, 7) is 2.00. The molecule has 3 aromatic carbocycles. The Morgan fingerprint density at radius 2 is 1.38 bits per heavy atom. The maximum Gasteiger partial charge on any atom is 0.203 e. The zero-order chi connectivity index (χ0) is 22.9. The number of anilines is 1. The maximum absolute atomic E-state index is 12.2. The number of allylic oxidation sites excluding steroid dienone is 1. The predicted molar refractivity (Wildman–Crippen MR) is 130 cm³/mol. The Hall–Kier alpha value is -3.99. The molecule has 0 aromatic heterocycles. The molecule has 0 aliphatic carbocycles. The molecule has 3 rings (SSSR count). The molecule has 0 amide bonds. The van der Waals surface area contributed by atoms with Crippen LogP contribution in [0.4, 0.5) is 5.69 Å². The second-order valence-corrected chi connectivity index (χ2v) is 7.12. The molecule has 0 aliphatic rings. The zero-order valence-corrected chi connectivity index (χ0v) is 18.7. The van der Waals surface area contributed by atoms with Gasteiger partial charge in [0.1, 0.15) is 0 Å². The lowest BCUT2D eigenvalue weighted by Gasteiger charge is -2.12. The third-order valence-corrected chi connectivity index (χ3v) is 4.89. The van der Waals surface area contributed by atoms with E-state index in [1.807, 2.05) is 79.7 Å².